The van der Waals surface area contributed by atoms with Crippen LogP contribution in [0.1, 0.15) is 40.2 Å². The molecule has 4 heterocycles. The van der Waals surface area contributed by atoms with Gasteiger partial charge in [-0.25, -0.2) is 9.78 Å². The Bertz CT molecular complexity index is 1580. The lowest BCUT2D eigenvalue weighted by Crippen LogP contribution is -2.51. The van der Waals surface area contributed by atoms with Gasteiger partial charge in [-0.2, -0.15) is 13.2 Å². The number of rotatable bonds is 5. The molecule has 1 fully saturated rings. The zero-order chi connectivity index (χ0) is 29.7. The Morgan fingerprint density at radius 2 is 1.83 bits per heavy atom. The van der Waals surface area contributed by atoms with Crippen LogP contribution in [0.3, 0.4) is 0 Å². The molecule has 0 bridgehead atoms. The predicted octanol–water partition coefficient (Wildman–Crippen LogP) is 6.94. The van der Waals surface area contributed by atoms with Crippen molar-refractivity contribution < 1.29 is 32.2 Å². The summed E-state index contributed by atoms with van der Waals surface area (Å²) in [5, 5.41) is 9.29. The predicted molar refractivity (Wildman–Crippen MR) is 147 cm³/mol. The fourth-order valence-electron chi connectivity index (χ4n) is 4.33. The van der Waals surface area contributed by atoms with Crippen LogP contribution >= 0.6 is 22.9 Å². The molecule has 3 aromatic heterocycles. The number of carbonyl (C=O) groups is 1. The smallest absolute Gasteiger partial charge is 0.417 e. The van der Waals surface area contributed by atoms with E-state index in [1.165, 1.54) is 21.9 Å². The highest BCUT2D eigenvalue weighted by Gasteiger charge is 2.46. The summed E-state index contributed by atoms with van der Waals surface area (Å²) < 4.78 is 58.1. The zero-order valence-electron chi connectivity index (χ0n) is 22.8. The number of nitrogens with zero attached hydrogens (tertiary/aromatic N) is 5. The summed E-state index contributed by atoms with van der Waals surface area (Å²) in [6.07, 6.45) is -2.63. The molecule has 0 spiro atoms. The molecule has 218 valence electrons. The number of alkyl halides is 3. The molecule has 0 aliphatic carbocycles. The van der Waals surface area contributed by atoms with E-state index in [0.717, 1.165) is 17.8 Å². The third kappa shape index (κ3) is 6.26. The molecule has 9 nitrogen and oxygen atoms in total. The number of imidazole rings is 1. The van der Waals surface area contributed by atoms with Gasteiger partial charge in [0, 0.05) is 18.0 Å². The van der Waals surface area contributed by atoms with Gasteiger partial charge in [0.1, 0.15) is 34.4 Å². The monoisotopic (exact) mass is 609 g/mol. The van der Waals surface area contributed by atoms with Crippen molar-refractivity contribution in [3.05, 3.63) is 53.3 Å². The summed E-state index contributed by atoms with van der Waals surface area (Å²) in [6.45, 7) is 9.56. The van der Waals surface area contributed by atoms with Crippen LogP contribution in [0.4, 0.5) is 18.0 Å². The third-order valence-corrected chi connectivity index (χ3v) is 7.46. The molecule has 1 saturated heterocycles. The maximum Gasteiger partial charge on any atom is 0.417 e. The van der Waals surface area contributed by atoms with Crippen molar-refractivity contribution >= 4 is 34.7 Å². The van der Waals surface area contributed by atoms with Crippen LogP contribution in [0.25, 0.3) is 26.9 Å². The van der Waals surface area contributed by atoms with Crippen LogP contribution in [0.2, 0.25) is 5.02 Å². The second kappa shape index (κ2) is 10.4. The number of benzene rings is 1. The number of fused-ring (bicyclic) bond motifs is 1. The van der Waals surface area contributed by atoms with E-state index in [9.17, 15) is 18.0 Å². The molecular formula is C27H27ClF3N5O4S. The van der Waals surface area contributed by atoms with Crippen molar-refractivity contribution in [2.45, 2.75) is 58.2 Å². The first-order valence-electron chi connectivity index (χ1n) is 12.6. The first-order valence-corrected chi connectivity index (χ1v) is 13.8. The second-order valence-corrected chi connectivity index (χ2v) is 12.3. The van der Waals surface area contributed by atoms with Crippen LogP contribution in [0.15, 0.2) is 42.7 Å². The van der Waals surface area contributed by atoms with E-state index in [1.807, 2.05) is 46.8 Å². The first-order chi connectivity index (χ1) is 19.1. The largest absolute Gasteiger partial charge is 0.491 e. The SMILES string of the molecule is CC(C)(C)OC(=O)N1C(COc2ccc(-c3nnc(-c4cn5cc(C(F)(F)F)cc(Cl)c5n4)s3)cc2)COC1(C)C. The summed E-state index contributed by atoms with van der Waals surface area (Å²) in [4.78, 5) is 18.7. The molecule has 1 aliphatic rings. The molecule has 4 aromatic rings. The van der Waals surface area contributed by atoms with Crippen LogP contribution in [0.5, 0.6) is 5.75 Å². The summed E-state index contributed by atoms with van der Waals surface area (Å²) in [7, 11) is 0. The molecule has 5 rings (SSSR count). The Hall–Kier alpha value is -3.42. The molecule has 41 heavy (non-hydrogen) atoms. The third-order valence-electron chi connectivity index (χ3n) is 6.19. The summed E-state index contributed by atoms with van der Waals surface area (Å²) in [6, 6.07) is 7.69. The highest BCUT2D eigenvalue weighted by molar-refractivity contribution is 7.17. The van der Waals surface area contributed by atoms with Crippen molar-refractivity contribution in [3.63, 3.8) is 0 Å². The van der Waals surface area contributed by atoms with E-state index >= 15 is 0 Å². The zero-order valence-corrected chi connectivity index (χ0v) is 24.4. The Labute approximate surface area is 242 Å². The number of ether oxygens (including phenoxy) is 3. The Kier molecular flexibility index (Phi) is 7.41. The van der Waals surface area contributed by atoms with Crippen LogP contribution < -0.4 is 4.74 Å². The number of hydrogen-bond acceptors (Lipinski definition) is 8. The number of aromatic nitrogens is 4. The average Bonchev–Trinajstić information content (AvgIpc) is 3.58. The van der Waals surface area contributed by atoms with Gasteiger partial charge in [0.05, 0.1) is 23.2 Å². The van der Waals surface area contributed by atoms with Crippen LogP contribution in [-0.2, 0) is 15.7 Å². The van der Waals surface area contributed by atoms with Gasteiger partial charge in [-0.1, -0.05) is 22.9 Å². The number of halogens is 4. The van der Waals surface area contributed by atoms with Gasteiger partial charge in [-0.05, 0) is 65.0 Å². The maximum atomic E-state index is 13.2. The topological polar surface area (TPSA) is 91.1 Å². The van der Waals surface area contributed by atoms with E-state index in [0.29, 0.717) is 28.1 Å². The van der Waals surface area contributed by atoms with Crippen molar-refractivity contribution in [1.82, 2.24) is 24.5 Å². The fraction of sp³-hybridized carbons (Fsp3) is 0.407. The maximum absolute atomic E-state index is 13.2. The molecule has 0 radical (unpaired) electrons. The van der Waals surface area contributed by atoms with Gasteiger partial charge in [0.2, 0.25) is 0 Å². The molecule has 1 aromatic carbocycles. The van der Waals surface area contributed by atoms with E-state index < -0.39 is 29.2 Å². The lowest BCUT2D eigenvalue weighted by molar-refractivity contribution is -0.137. The standard InChI is InChI=1S/C27H27ClF3N5O4S/c1-25(2,3)40-24(37)36-17(14-39-26(36,4)5)13-38-18-8-6-15(7-9-18)22-33-34-23(41-22)20-12-35-11-16(27(29,30)31)10-19(28)21(35)32-20/h6-12,17H,13-14H2,1-5H3. The van der Waals surface area contributed by atoms with Gasteiger partial charge >= 0.3 is 12.3 Å². The molecular weight excluding hydrogens is 583 g/mol. The van der Waals surface area contributed by atoms with E-state index in [2.05, 4.69) is 15.2 Å². The van der Waals surface area contributed by atoms with Crippen LogP contribution in [0, 0.1) is 0 Å². The normalized spacial score (nSPS) is 17.3. The Morgan fingerprint density at radius 1 is 1.15 bits per heavy atom. The van der Waals surface area contributed by atoms with Crippen molar-refractivity contribution in [1.29, 1.82) is 0 Å². The number of pyridine rings is 1. The number of amides is 1. The average molecular weight is 610 g/mol. The number of carbonyl (C=O) groups excluding carboxylic acids is 1. The molecule has 1 amide bonds. The van der Waals surface area contributed by atoms with E-state index in [1.54, 1.807) is 17.0 Å². The minimum atomic E-state index is -4.53. The number of hydrogen-bond donors (Lipinski definition) is 0. The van der Waals surface area contributed by atoms with Gasteiger partial charge in [0.25, 0.3) is 0 Å². The highest BCUT2D eigenvalue weighted by atomic mass is 35.5. The van der Waals surface area contributed by atoms with Crippen molar-refractivity contribution in [3.8, 4) is 27.0 Å². The highest BCUT2D eigenvalue weighted by Crippen LogP contribution is 2.35. The summed E-state index contributed by atoms with van der Waals surface area (Å²) >= 11 is 7.29. The molecule has 0 saturated carbocycles. The summed E-state index contributed by atoms with van der Waals surface area (Å²) in [5.41, 5.74) is -1.04. The van der Waals surface area contributed by atoms with E-state index in [-0.39, 0.29) is 23.3 Å². The molecule has 1 unspecified atom stereocenters. The fourth-order valence-corrected chi connectivity index (χ4v) is 5.39. The minimum Gasteiger partial charge on any atom is -0.491 e. The van der Waals surface area contributed by atoms with Crippen molar-refractivity contribution in [2.24, 2.45) is 0 Å². The Morgan fingerprint density at radius 3 is 2.49 bits per heavy atom. The molecule has 14 heteroatoms. The van der Waals surface area contributed by atoms with Crippen molar-refractivity contribution in [2.75, 3.05) is 13.2 Å². The molecule has 0 N–H and O–H groups in total. The van der Waals surface area contributed by atoms with Gasteiger partial charge in [-0.3, -0.25) is 4.90 Å². The van der Waals surface area contributed by atoms with Gasteiger partial charge in [0.15, 0.2) is 10.7 Å². The lowest BCUT2D eigenvalue weighted by Gasteiger charge is -2.35. The first kappa shape index (κ1) is 29.1. The van der Waals surface area contributed by atoms with Gasteiger partial charge < -0.3 is 18.6 Å². The lowest BCUT2D eigenvalue weighted by atomic mass is 10.2. The van der Waals surface area contributed by atoms with Crippen LogP contribution in [-0.4, -0.2) is 61.2 Å². The quantitative estimate of drug-likeness (QED) is 0.242. The second-order valence-electron chi connectivity index (χ2n) is 10.9. The molecule has 1 atom stereocenters. The molecule has 1 aliphatic heterocycles. The van der Waals surface area contributed by atoms with Gasteiger partial charge in [-0.15, -0.1) is 10.2 Å². The summed E-state index contributed by atoms with van der Waals surface area (Å²) in [5.74, 6) is 0.586. The van der Waals surface area contributed by atoms with E-state index in [4.69, 9.17) is 25.8 Å². The minimum absolute atomic E-state index is 0.117. The Balaban J connectivity index is 1.27.